The van der Waals surface area contributed by atoms with Crippen LogP contribution in [0.4, 0.5) is 0 Å². The van der Waals surface area contributed by atoms with Crippen molar-refractivity contribution in [1.29, 1.82) is 0 Å². The van der Waals surface area contributed by atoms with Crippen molar-refractivity contribution in [2.75, 3.05) is 0 Å². The maximum Gasteiger partial charge on any atom is 0.163 e. The van der Waals surface area contributed by atoms with E-state index < -0.39 is 5.79 Å². The Labute approximate surface area is 101 Å². The largest absolute Gasteiger partial charge is 0.344 e. The van der Waals surface area contributed by atoms with Gasteiger partial charge in [0.25, 0.3) is 0 Å². The van der Waals surface area contributed by atoms with Gasteiger partial charge in [-0.3, -0.25) is 4.79 Å². The minimum atomic E-state index is -0.493. The van der Waals surface area contributed by atoms with Crippen molar-refractivity contribution in [2.45, 2.75) is 51.1 Å². The zero-order chi connectivity index (χ0) is 11.8. The molecule has 2 saturated carbocycles. The van der Waals surface area contributed by atoms with E-state index >= 15 is 0 Å². The molecular weight excluding hydrogens is 216 g/mol. The van der Waals surface area contributed by atoms with Crippen LogP contribution < -0.4 is 0 Å². The lowest BCUT2D eigenvalue weighted by molar-refractivity contribution is -0.154. The van der Waals surface area contributed by atoms with Gasteiger partial charge in [-0.05, 0) is 26.7 Å². The third kappa shape index (κ3) is 1.12. The van der Waals surface area contributed by atoms with Crippen molar-refractivity contribution in [1.82, 2.24) is 0 Å². The Hall–Kier alpha value is -0.670. The molecule has 1 aliphatic heterocycles. The molecule has 5 aliphatic rings. The first-order chi connectivity index (χ1) is 8.02. The van der Waals surface area contributed by atoms with Crippen LogP contribution in [0.5, 0.6) is 0 Å². The minimum Gasteiger partial charge on any atom is -0.344 e. The summed E-state index contributed by atoms with van der Waals surface area (Å²) in [6, 6.07) is 0. The van der Waals surface area contributed by atoms with Crippen LogP contribution >= 0.6 is 0 Å². The van der Waals surface area contributed by atoms with Crippen LogP contribution in [0.2, 0.25) is 0 Å². The van der Waals surface area contributed by atoms with E-state index in [1.807, 2.05) is 13.8 Å². The van der Waals surface area contributed by atoms with Gasteiger partial charge in [-0.2, -0.15) is 0 Å². The predicted molar refractivity (Wildman–Crippen MR) is 61.2 cm³/mol. The molecule has 5 rings (SSSR count). The molecule has 4 aliphatic carbocycles. The topological polar surface area (TPSA) is 35.5 Å². The SMILES string of the molecule is CC1(C)O[C@H]2[C@@H]3C=C[C@]4(CCC(=O)[C@H]4C3)[C@H]2O1. The number of Topliss-reactive ketones (excluding diaryl/α,β-unsaturated/α-hetero) is 1. The van der Waals surface area contributed by atoms with Gasteiger partial charge in [0.15, 0.2) is 5.79 Å². The fourth-order valence-corrected chi connectivity index (χ4v) is 4.39. The van der Waals surface area contributed by atoms with E-state index in [2.05, 4.69) is 12.2 Å². The van der Waals surface area contributed by atoms with Crippen LogP contribution in [0.15, 0.2) is 12.2 Å². The monoisotopic (exact) mass is 234 g/mol. The van der Waals surface area contributed by atoms with Crippen molar-refractivity contribution in [3.63, 3.8) is 0 Å². The summed E-state index contributed by atoms with van der Waals surface area (Å²) in [5.74, 6) is 0.505. The number of carbonyl (C=O) groups excluding carboxylic acids is 1. The Kier molecular flexibility index (Phi) is 1.71. The Morgan fingerprint density at radius 1 is 1.35 bits per heavy atom. The molecule has 17 heavy (non-hydrogen) atoms. The molecule has 1 heterocycles. The molecule has 1 spiro atoms. The summed E-state index contributed by atoms with van der Waals surface area (Å²) in [5.41, 5.74) is -0.0513. The molecule has 0 aromatic heterocycles. The minimum absolute atomic E-state index is 0.0513. The molecule has 0 radical (unpaired) electrons. The third-order valence-corrected chi connectivity index (χ3v) is 5.08. The van der Waals surface area contributed by atoms with Gasteiger partial charge in [-0.1, -0.05) is 12.2 Å². The first kappa shape index (κ1) is 10.3. The summed E-state index contributed by atoms with van der Waals surface area (Å²) in [5, 5.41) is 0. The first-order valence-electron chi connectivity index (χ1n) is 6.60. The van der Waals surface area contributed by atoms with E-state index in [1.54, 1.807) is 0 Å². The molecule has 0 amide bonds. The zero-order valence-electron chi connectivity index (χ0n) is 10.3. The van der Waals surface area contributed by atoms with Gasteiger partial charge in [0.2, 0.25) is 0 Å². The Balaban J connectivity index is 1.81. The molecule has 2 bridgehead atoms. The van der Waals surface area contributed by atoms with Crippen molar-refractivity contribution in [2.24, 2.45) is 17.3 Å². The van der Waals surface area contributed by atoms with E-state index in [-0.39, 0.29) is 23.5 Å². The molecule has 0 aromatic rings. The predicted octanol–water partition coefficient (Wildman–Crippen LogP) is 2.06. The van der Waals surface area contributed by atoms with Gasteiger partial charge in [0.1, 0.15) is 5.78 Å². The van der Waals surface area contributed by atoms with Crippen LogP contribution in [0.25, 0.3) is 0 Å². The molecular formula is C14H18O3. The quantitative estimate of drug-likeness (QED) is 0.602. The summed E-state index contributed by atoms with van der Waals surface area (Å²) >= 11 is 0. The maximum absolute atomic E-state index is 12.0. The second-order valence-electron chi connectivity index (χ2n) is 6.41. The molecule has 5 atom stereocenters. The molecule has 3 fully saturated rings. The molecule has 0 unspecified atom stereocenters. The van der Waals surface area contributed by atoms with Crippen molar-refractivity contribution < 1.29 is 14.3 Å². The second-order valence-corrected chi connectivity index (χ2v) is 6.41. The first-order valence-corrected chi connectivity index (χ1v) is 6.60. The highest BCUT2D eigenvalue weighted by atomic mass is 16.8. The molecule has 0 aromatic carbocycles. The number of carbonyl (C=O) groups is 1. The lowest BCUT2D eigenvalue weighted by atomic mass is 9.57. The average molecular weight is 234 g/mol. The smallest absolute Gasteiger partial charge is 0.163 e. The van der Waals surface area contributed by atoms with Gasteiger partial charge >= 0.3 is 0 Å². The number of rotatable bonds is 0. The van der Waals surface area contributed by atoms with Crippen LogP contribution in [0, 0.1) is 17.3 Å². The highest BCUT2D eigenvalue weighted by Gasteiger charge is 2.65. The Bertz CT molecular complexity index is 425. The molecule has 0 N–H and O–H groups in total. The summed E-state index contributed by atoms with van der Waals surface area (Å²) in [6.07, 6.45) is 7.42. The Morgan fingerprint density at radius 2 is 2.18 bits per heavy atom. The van der Waals surface area contributed by atoms with E-state index in [0.29, 0.717) is 18.1 Å². The number of ketones is 1. The van der Waals surface area contributed by atoms with Crippen LogP contribution in [-0.4, -0.2) is 23.8 Å². The highest BCUT2D eigenvalue weighted by Crippen LogP contribution is 2.61. The fourth-order valence-electron chi connectivity index (χ4n) is 4.39. The fraction of sp³-hybridized carbons (Fsp3) is 0.786. The Morgan fingerprint density at radius 3 is 3.00 bits per heavy atom. The standard InChI is InChI=1S/C14H18O3/c1-13(2)16-11-8-3-5-14(12(11)17-13)6-4-10(15)9(14)7-8/h3,5,8-9,11-12H,4,6-7H2,1-2H3/t8-,9-,11+,12+,14-/m1/s1. The van der Waals surface area contributed by atoms with Crippen molar-refractivity contribution in [3.05, 3.63) is 12.2 Å². The van der Waals surface area contributed by atoms with E-state index in [9.17, 15) is 4.79 Å². The molecule has 3 nitrogen and oxygen atoms in total. The molecule has 92 valence electrons. The average Bonchev–Trinajstić information content (AvgIpc) is 2.78. The lowest BCUT2D eigenvalue weighted by Crippen LogP contribution is -2.54. The number of hydrogen-bond donors (Lipinski definition) is 0. The van der Waals surface area contributed by atoms with Crippen molar-refractivity contribution >= 4 is 5.78 Å². The van der Waals surface area contributed by atoms with E-state index in [4.69, 9.17) is 9.47 Å². The lowest BCUT2D eigenvalue weighted by Gasteiger charge is -2.49. The van der Waals surface area contributed by atoms with Crippen LogP contribution in [-0.2, 0) is 14.3 Å². The van der Waals surface area contributed by atoms with Gasteiger partial charge in [0.05, 0.1) is 12.2 Å². The van der Waals surface area contributed by atoms with E-state index in [0.717, 1.165) is 12.8 Å². The van der Waals surface area contributed by atoms with Crippen LogP contribution in [0.1, 0.15) is 33.1 Å². The van der Waals surface area contributed by atoms with Crippen LogP contribution in [0.3, 0.4) is 0 Å². The normalized spacial score (nSPS) is 53.9. The molecule has 3 heteroatoms. The summed E-state index contributed by atoms with van der Waals surface area (Å²) in [6.45, 7) is 3.96. The summed E-state index contributed by atoms with van der Waals surface area (Å²) in [7, 11) is 0. The maximum atomic E-state index is 12.0. The van der Waals surface area contributed by atoms with Gasteiger partial charge in [-0.15, -0.1) is 0 Å². The van der Waals surface area contributed by atoms with E-state index in [1.165, 1.54) is 0 Å². The summed E-state index contributed by atoms with van der Waals surface area (Å²) in [4.78, 5) is 12.0. The third-order valence-electron chi connectivity index (χ3n) is 5.08. The van der Waals surface area contributed by atoms with Gasteiger partial charge in [0, 0.05) is 23.7 Å². The second kappa shape index (κ2) is 2.83. The zero-order valence-corrected chi connectivity index (χ0v) is 10.3. The summed E-state index contributed by atoms with van der Waals surface area (Å²) < 4.78 is 12.2. The highest BCUT2D eigenvalue weighted by molar-refractivity contribution is 5.85. The van der Waals surface area contributed by atoms with Gasteiger partial charge < -0.3 is 9.47 Å². The van der Waals surface area contributed by atoms with Crippen molar-refractivity contribution in [3.8, 4) is 0 Å². The molecule has 1 saturated heterocycles. The number of hydrogen-bond acceptors (Lipinski definition) is 3. The number of ether oxygens (including phenoxy) is 2. The van der Waals surface area contributed by atoms with Gasteiger partial charge in [-0.25, -0.2) is 0 Å².